The van der Waals surface area contributed by atoms with Crippen LogP contribution in [-0.2, 0) is 21.4 Å². The highest BCUT2D eigenvalue weighted by Gasteiger charge is 2.37. The maximum Gasteiger partial charge on any atom is 0.242 e. The number of benzene rings is 3. The predicted molar refractivity (Wildman–Crippen MR) is 149 cm³/mol. The molecule has 0 saturated heterocycles. The Morgan fingerprint density at radius 2 is 1.68 bits per heavy atom. The van der Waals surface area contributed by atoms with Crippen molar-refractivity contribution in [1.29, 1.82) is 0 Å². The topological polar surface area (TPSA) is 82.1 Å². The highest BCUT2D eigenvalue weighted by atomic mass is 32.2. The summed E-state index contributed by atoms with van der Waals surface area (Å²) in [6, 6.07) is 22.4. The van der Waals surface area contributed by atoms with Crippen molar-refractivity contribution in [3.8, 4) is 0 Å². The Morgan fingerprint density at radius 3 is 2.32 bits per heavy atom. The van der Waals surface area contributed by atoms with Crippen molar-refractivity contribution in [2.75, 3.05) is 33.0 Å². The van der Waals surface area contributed by atoms with E-state index < -0.39 is 15.9 Å². The number of nitrogens with zero attached hydrogens (tertiary/aromatic N) is 3. The summed E-state index contributed by atoms with van der Waals surface area (Å²) in [7, 11) is 1.95. The molecule has 0 aliphatic carbocycles. The molecule has 1 aliphatic rings. The molecule has 4 rings (SSSR count). The molecule has 0 spiro atoms. The van der Waals surface area contributed by atoms with Crippen molar-refractivity contribution in [2.45, 2.75) is 37.1 Å². The molecule has 0 radical (unpaired) electrons. The third-order valence-corrected chi connectivity index (χ3v) is 8.27. The highest BCUT2D eigenvalue weighted by Crippen LogP contribution is 2.38. The largest absolute Gasteiger partial charge is 0.325 e. The minimum absolute atomic E-state index is 0.173. The van der Waals surface area contributed by atoms with Crippen LogP contribution in [0, 0.1) is 0 Å². The smallest absolute Gasteiger partial charge is 0.242 e. The average Bonchev–Trinajstić information content (AvgIpc) is 3.21. The summed E-state index contributed by atoms with van der Waals surface area (Å²) in [5.74, 6) is -0.967. The van der Waals surface area contributed by atoms with Gasteiger partial charge in [-0.15, -0.1) is 0 Å². The van der Waals surface area contributed by atoms with Crippen LogP contribution in [0.15, 0.2) is 82.7 Å². The van der Waals surface area contributed by atoms with Crippen LogP contribution in [0.2, 0.25) is 0 Å². The zero-order valence-electron chi connectivity index (χ0n) is 21.8. The summed E-state index contributed by atoms with van der Waals surface area (Å²) < 4.78 is 27.9. The molecule has 0 aromatic heterocycles. The third kappa shape index (κ3) is 5.98. The SMILES string of the molecule is CCCCN(C)S(=O)(=O)c1ccc2c(c1)C(C(=Nc1ccc(CN(C)C)cc1)c1ccccc1)C(=O)N2. The van der Waals surface area contributed by atoms with Gasteiger partial charge in [-0.2, -0.15) is 0 Å². The van der Waals surface area contributed by atoms with Crippen molar-refractivity contribution in [1.82, 2.24) is 9.21 Å². The second kappa shape index (κ2) is 11.4. The van der Waals surface area contributed by atoms with E-state index in [4.69, 9.17) is 4.99 Å². The summed E-state index contributed by atoms with van der Waals surface area (Å²) in [6.45, 7) is 3.28. The highest BCUT2D eigenvalue weighted by molar-refractivity contribution is 7.89. The van der Waals surface area contributed by atoms with Crippen molar-refractivity contribution in [3.63, 3.8) is 0 Å². The van der Waals surface area contributed by atoms with Gasteiger partial charge in [0.1, 0.15) is 5.92 Å². The summed E-state index contributed by atoms with van der Waals surface area (Å²) in [5.41, 5.74) is 4.49. The quantitative estimate of drug-likeness (QED) is 0.382. The zero-order valence-corrected chi connectivity index (χ0v) is 22.6. The third-order valence-electron chi connectivity index (χ3n) is 6.42. The van der Waals surface area contributed by atoms with Crippen molar-refractivity contribution >= 4 is 33.0 Å². The molecule has 1 atom stereocenters. The lowest BCUT2D eigenvalue weighted by Gasteiger charge is -2.18. The van der Waals surface area contributed by atoms with E-state index in [1.165, 1.54) is 4.31 Å². The van der Waals surface area contributed by atoms with E-state index in [1.807, 2.05) is 75.6 Å². The van der Waals surface area contributed by atoms with Gasteiger partial charge in [0.15, 0.2) is 0 Å². The van der Waals surface area contributed by atoms with Gasteiger partial charge in [-0.1, -0.05) is 55.8 Å². The number of carbonyl (C=O) groups excluding carboxylic acids is 1. The fraction of sp³-hybridized carbons (Fsp3) is 0.310. The lowest BCUT2D eigenvalue weighted by atomic mass is 9.90. The van der Waals surface area contributed by atoms with Crippen molar-refractivity contribution in [2.24, 2.45) is 4.99 Å². The fourth-order valence-electron chi connectivity index (χ4n) is 4.44. The fourth-order valence-corrected chi connectivity index (χ4v) is 5.68. The number of carbonyl (C=O) groups is 1. The van der Waals surface area contributed by atoms with Crippen LogP contribution in [0.5, 0.6) is 0 Å². The van der Waals surface area contributed by atoms with Crippen LogP contribution in [0.1, 0.15) is 42.4 Å². The first-order chi connectivity index (χ1) is 17.7. The minimum Gasteiger partial charge on any atom is -0.325 e. The molecule has 3 aromatic carbocycles. The van der Waals surface area contributed by atoms with E-state index in [2.05, 4.69) is 10.2 Å². The van der Waals surface area contributed by atoms with Gasteiger partial charge < -0.3 is 10.2 Å². The molecule has 1 unspecified atom stereocenters. The van der Waals surface area contributed by atoms with E-state index in [9.17, 15) is 13.2 Å². The van der Waals surface area contributed by atoms with Gasteiger partial charge in [-0.25, -0.2) is 12.7 Å². The van der Waals surface area contributed by atoms with Crippen LogP contribution >= 0.6 is 0 Å². The average molecular weight is 519 g/mol. The molecule has 3 aromatic rings. The van der Waals surface area contributed by atoms with Gasteiger partial charge in [0.05, 0.1) is 16.3 Å². The van der Waals surface area contributed by atoms with Crippen molar-refractivity contribution in [3.05, 3.63) is 89.5 Å². The zero-order chi connectivity index (χ0) is 26.6. The lowest BCUT2D eigenvalue weighted by Crippen LogP contribution is -2.28. The van der Waals surface area contributed by atoms with Crippen LogP contribution in [0.25, 0.3) is 0 Å². The minimum atomic E-state index is -3.69. The maximum absolute atomic E-state index is 13.3. The van der Waals surface area contributed by atoms with Gasteiger partial charge >= 0.3 is 0 Å². The van der Waals surface area contributed by atoms with E-state index in [0.717, 1.165) is 36.2 Å². The normalized spacial score (nSPS) is 15.8. The van der Waals surface area contributed by atoms with Crippen LogP contribution in [0.4, 0.5) is 11.4 Å². The lowest BCUT2D eigenvalue weighted by molar-refractivity contribution is -0.115. The number of hydrogen-bond acceptors (Lipinski definition) is 5. The van der Waals surface area contributed by atoms with E-state index >= 15 is 0 Å². The predicted octanol–water partition coefficient (Wildman–Crippen LogP) is 5.03. The summed E-state index contributed by atoms with van der Waals surface area (Å²) in [5, 5.41) is 2.92. The number of anilines is 1. The van der Waals surface area contributed by atoms with Gasteiger partial charge in [0.25, 0.3) is 0 Å². The van der Waals surface area contributed by atoms with Crippen LogP contribution < -0.4 is 5.32 Å². The molecule has 1 heterocycles. The molecule has 8 heteroatoms. The van der Waals surface area contributed by atoms with Gasteiger partial charge in [-0.05, 0) is 67.5 Å². The molecule has 7 nitrogen and oxygen atoms in total. The second-order valence-electron chi connectivity index (χ2n) is 9.62. The number of hydrogen-bond donors (Lipinski definition) is 1. The molecular weight excluding hydrogens is 484 g/mol. The summed E-state index contributed by atoms with van der Waals surface area (Å²) in [6.07, 6.45) is 1.68. The van der Waals surface area contributed by atoms with Crippen LogP contribution in [-0.4, -0.2) is 56.9 Å². The first-order valence-corrected chi connectivity index (χ1v) is 13.9. The molecule has 0 bridgehead atoms. The summed E-state index contributed by atoms with van der Waals surface area (Å²) >= 11 is 0. The Morgan fingerprint density at radius 1 is 0.973 bits per heavy atom. The number of aliphatic imine (C=N–C) groups is 1. The number of fused-ring (bicyclic) bond motifs is 1. The molecule has 1 N–H and O–H groups in total. The molecule has 0 fully saturated rings. The molecule has 37 heavy (non-hydrogen) atoms. The van der Waals surface area contributed by atoms with Gasteiger partial charge in [-0.3, -0.25) is 9.79 Å². The molecular formula is C29H34N4O3S. The number of unbranched alkanes of at least 4 members (excludes halogenated alkanes) is 1. The van der Waals surface area contributed by atoms with E-state index in [1.54, 1.807) is 25.2 Å². The Balaban J connectivity index is 1.78. The van der Waals surface area contributed by atoms with Gasteiger partial charge in [0.2, 0.25) is 15.9 Å². The Kier molecular flexibility index (Phi) is 8.22. The Bertz CT molecular complexity index is 1380. The monoisotopic (exact) mass is 518 g/mol. The van der Waals surface area contributed by atoms with Crippen LogP contribution in [0.3, 0.4) is 0 Å². The molecule has 1 aliphatic heterocycles. The Hall–Kier alpha value is -3.33. The van der Waals surface area contributed by atoms with Crippen molar-refractivity contribution < 1.29 is 13.2 Å². The van der Waals surface area contributed by atoms with E-state index in [-0.39, 0.29) is 10.8 Å². The second-order valence-corrected chi connectivity index (χ2v) is 11.7. The summed E-state index contributed by atoms with van der Waals surface area (Å²) in [4.78, 5) is 20.5. The maximum atomic E-state index is 13.3. The first kappa shape index (κ1) is 26.7. The number of amides is 1. The first-order valence-electron chi connectivity index (χ1n) is 12.5. The number of sulfonamides is 1. The Labute approximate surface area is 219 Å². The molecule has 1 amide bonds. The number of rotatable bonds is 10. The number of nitrogens with one attached hydrogen (secondary N) is 1. The van der Waals surface area contributed by atoms with E-state index in [0.29, 0.717) is 23.5 Å². The standard InChI is InChI=1S/C29H34N4O3S/c1-5-6-18-33(4)37(35,36)24-16-17-26-25(19-24)27(29(34)31-26)28(22-10-8-7-9-11-22)30-23-14-12-21(13-15-23)20-32(2)3/h7-17,19,27H,5-6,18,20H2,1-4H3,(H,31,34). The van der Waals surface area contributed by atoms with Gasteiger partial charge in [0, 0.05) is 25.8 Å². The molecule has 0 saturated carbocycles. The molecule has 194 valence electrons.